The topological polar surface area (TPSA) is 94.9 Å². The Morgan fingerprint density at radius 1 is 1.30 bits per heavy atom. The van der Waals surface area contributed by atoms with Gasteiger partial charge >= 0.3 is 5.97 Å². The van der Waals surface area contributed by atoms with E-state index in [0.29, 0.717) is 19.4 Å². The maximum absolute atomic E-state index is 12.3. The number of aliphatic hydroxyl groups is 1. The number of hydrogen-bond donors (Lipinski definition) is 2. The predicted octanol–water partition coefficient (Wildman–Crippen LogP) is 0.459. The van der Waals surface area contributed by atoms with Crippen LogP contribution < -0.4 is 0 Å². The number of hydrogen-bond acceptors (Lipinski definition) is 4. The van der Waals surface area contributed by atoms with E-state index >= 15 is 0 Å². The normalized spacial score (nSPS) is 20.1. The quantitative estimate of drug-likeness (QED) is 0.823. The molecule has 1 aliphatic heterocycles. The third-order valence-electron chi connectivity index (χ3n) is 3.31. The molecule has 0 aliphatic carbocycles. The molecular weight excluding hydrogens is 282 g/mol. The van der Waals surface area contributed by atoms with Gasteiger partial charge < -0.3 is 10.2 Å². The van der Waals surface area contributed by atoms with Crippen LogP contribution in [0.15, 0.2) is 29.2 Å². The molecule has 2 rings (SSSR count). The first kappa shape index (κ1) is 15.0. The summed E-state index contributed by atoms with van der Waals surface area (Å²) < 4.78 is 25.8. The molecule has 0 spiro atoms. The van der Waals surface area contributed by atoms with Crippen molar-refractivity contribution in [2.75, 3.05) is 13.1 Å². The zero-order valence-corrected chi connectivity index (χ0v) is 11.7. The second-order valence-electron chi connectivity index (χ2n) is 4.84. The highest BCUT2D eigenvalue weighted by atomic mass is 32.2. The van der Waals surface area contributed by atoms with Crippen molar-refractivity contribution >= 4 is 16.0 Å². The van der Waals surface area contributed by atoms with Crippen LogP contribution in [0.5, 0.6) is 0 Å². The number of carboxylic acids is 1. The van der Waals surface area contributed by atoms with Crippen molar-refractivity contribution in [3.63, 3.8) is 0 Å². The average Bonchev–Trinajstić information content (AvgIpc) is 2.84. The molecule has 1 atom stereocenters. The SMILES string of the molecule is O=C(O)CCc1ccc(S(=O)(=O)N2CCC(O)C2)cc1. The molecule has 0 bridgehead atoms. The number of carboxylic acid groups (broad SMARTS) is 1. The Kier molecular flexibility index (Phi) is 4.42. The Hall–Kier alpha value is -1.44. The summed E-state index contributed by atoms with van der Waals surface area (Å²) in [5.74, 6) is -0.882. The van der Waals surface area contributed by atoms with E-state index in [1.807, 2.05) is 0 Å². The van der Waals surface area contributed by atoms with Crippen molar-refractivity contribution in [3.8, 4) is 0 Å². The van der Waals surface area contributed by atoms with Crippen LogP contribution in [0.4, 0.5) is 0 Å². The lowest BCUT2D eigenvalue weighted by molar-refractivity contribution is -0.136. The van der Waals surface area contributed by atoms with E-state index in [4.69, 9.17) is 5.11 Å². The molecule has 2 N–H and O–H groups in total. The summed E-state index contributed by atoms with van der Waals surface area (Å²) in [6.07, 6.45) is 0.248. The smallest absolute Gasteiger partial charge is 0.303 e. The van der Waals surface area contributed by atoms with Gasteiger partial charge in [-0.05, 0) is 30.5 Å². The Morgan fingerprint density at radius 2 is 1.95 bits per heavy atom. The Labute approximate surface area is 117 Å². The van der Waals surface area contributed by atoms with Crippen LogP contribution in [0.3, 0.4) is 0 Å². The highest BCUT2D eigenvalue weighted by Crippen LogP contribution is 2.21. The van der Waals surface area contributed by atoms with E-state index in [1.54, 1.807) is 12.1 Å². The highest BCUT2D eigenvalue weighted by Gasteiger charge is 2.31. The average molecular weight is 299 g/mol. The monoisotopic (exact) mass is 299 g/mol. The van der Waals surface area contributed by atoms with Crippen molar-refractivity contribution in [3.05, 3.63) is 29.8 Å². The maximum Gasteiger partial charge on any atom is 0.303 e. The summed E-state index contributed by atoms with van der Waals surface area (Å²) in [5.41, 5.74) is 0.785. The van der Waals surface area contributed by atoms with Crippen molar-refractivity contribution in [1.82, 2.24) is 4.31 Å². The minimum absolute atomic E-state index is 0.0183. The lowest BCUT2D eigenvalue weighted by Crippen LogP contribution is -2.29. The summed E-state index contributed by atoms with van der Waals surface area (Å²) in [5, 5.41) is 18.0. The number of benzene rings is 1. The van der Waals surface area contributed by atoms with Gasteiger partial charge in [0.15, 0.2) is 0 Å². The summed E-state index contributed by atoms with van der Waals surface area (Å²) in [7, 11) is -3.56. The fraction of sp³-hybridized carbons (Fsp3) is 0.462. The summed E-state index contributed by atoms with van der Waals surface area (Å²) in [4.78, 5) is 10.6. The number of aliphatic hydroxyl groups excluding tert-OH is 1. The molecule has 0 amide bonds. The third kappa shape index (κ3) is 3.36. The molecule has 1 unspecified atom stereocenters. The first-order chi connectivity index (χ1) is 9.39. The molecule has 1 saturated heterocycles. The lowest BCUT2D eigenvalue weighted by atomic mass is 10.1. The van der Waals surface area contributed by atoms with E-state index in [9.17, 15) is 18.3 Å². The van der Waals surface area contributed by atoms with Gasteiger partial charge in [0, 0.05) is 19.5 Å². The van der Waals surface area contributed by atoms with Crippen molar-refractivity contribution in [2.24, 2.45) is 0 Å². The fourth-order valence-electron chi connectivity index (χ4n) is 2.16. The molecule has 1 aliphatic rings. The number of sulfonamides is 1. The van der Waals surface area contributed by atoms with Crippen molar-refractivity contribution in [1.29, 1.82) is 0 Å². The summed E-state index contributed by atoms with van der Waals surface area (Å²) >= 11 is 0. The van der Waals surface area contributed by atoms with E-state index in [-0.39, 0.29) is 17.9 Å². The molecule has 1 aromatic rings. The van der Waals surface area contributed by atoms with Crippen LogP contribution in [0, 0.1) is 0 Å². The van der Waals surface area contributed by atoms with Gasteiger partial charge in [0.1, 0.15) is 0 Å². The fourth-order valence-corrected chi connectivity index (χ4v) is 3.65. The molecule has 0 saturated carbocycles. The Morgan fingerprint density at radius 3 is 2.45 bits per heavy atom. The summed E-state index contributed by atoms with van der Waals surface area (Å²) in [6.45, 7) is 0.452. The minimum atomic E-state index is -3.56. The number of nitrogens with zero attached hydrogens (tertiary/aromatic N) is 1. The number of carbonyl (C=O) groups is 1. The van der Waals surface area contributed by atoms with E-state index in [2.05, 4.69) is 0 Å². The molecule has 20 heavy (non-hydrogen) atoms. The molecule has 0 aromatic heterocycles. The van der Waals surface area contributed by atoms with Crippen LogP contribution in [0.1, 0.15) is 18.4 Å². The Balaban J connectivity index is 2.11. The maximum atomic E-state index is 12.3. The molecule has 7 heteroatoms. The van der Waals surface area contributed by atoms with Gasteiger partial charge in [-0.2, -0.15) is 4.31 Å². The van der Waals surface area contributed by atoms with Gasteiger partial charge in [0.05, 0.1) is 11.0 Å². The second kappa shape index (κ2) is 5.90. The number of β-amino-alcohol motifs (C(OH)–C–C–N with tert-alkyl or cyclic N) is 1. The number of aliphatic carboxylic acids is 1. The van der Waals surface area contributed by atoms with E-state index in [1.165, 1.54) is 16.4 Å². The van der Waals surface area contributed by atoms with E-state index in [0.717, 1.165) is 5.56 Å². The van der Waals surface area contributed by atoms with Crippen LogP contribution in [0.2, 0.25) is 0 Å². The first-order valence-electron chi connectivity index (χ1n) is 6.38. The lowest BCUT2D eigenvalue weighted by Gasteiger charge is -2.15. The van der Waals surface area contributed by atoms with Gasteiger partial charge in [-0.1, -0.05) is 12.1 Å². The molecular formula is C13H17NO5S. The molecule has 6 nitrogen and oxygen atoms in total. The van der Waals surface area contributed by atoms with Crippen LogP contribution in [-0.4, -0.2) is 48.1 Å². The second-order valence-corrected chi connectivity index (χ2v) is 6.78. The summed E-state index contributed by atoms with van der Waals surface area (Å²) in [6, 6.07) is 6.22. The molecule has 1 fully saturated rings. The molecule has 1 aromatic carbocycles. The minimum Gasteiger partial charge on any atom is -0.481 e. The zero-order chi connectivity index (χ0) is 14.8. The van der Waals surface area contributed by atoms with Gasteiger partial charge in [-0.15, -0.1) is 0 Å². The Bertz CT molecular complexity index is 581. The van der Waals surface area contributed by atoms with Crippen molar-refractivity contribution in [2.45, 2.75) is 30.3 Å². The standard InChI is InChI=1S/C13H17NO5S/c15-11-7-8-14(9-11)20(18,19)12-4-1-10(2-5-12)3-6-13(16)17/h1-2,4-5,11,15H,3,6-9H2,(H,16,17). The number of aryl methyl sites for hydroxylation is 1. The molecule has 110 valence electrons. The highest BCUT2D eigenvalue weighted by molar-refractivity contribution is 7.89. The zero-order valence-electron chi connectivity index (χ0n) is 10.9. The van der Waals surface area contributed by atoms with Gasteiger partial charge in [-0.25, -0.2) is 8.42 Å². The van der Waals surface area contributed by atoms with Gasteiger partial charge in [-0.3, -0.25) is 4.79 Å². The largest absolute Gasteiger partial charge is 0.481 e. The first-order valence-corrected chi connectivity index (χ1v) is 7.82. The van der Waals surface area contributed by atoms with Crippen LogP contribution in [-0.2, 0) is 21.2 Å². The van der Waals surface area contributed by atoms with Crippen molar-refractivity contribution < 1.29 is 23.4 Å². The van der Waals surface area contributed by atoms with Gasteiger partial charge in [0.25, 0.3) is 0 Å². The third-order valence-corrected chi connectivity index (χ3v) is 5.19. The predicted molar refractivity (Wildman–Crippen MR) is 71.8 cm³/mol. The number of rotatable bonds is 5. The molecule has 1 heterocycles. The van der Waals surface area contributed by atoms with Crippen LogP contribution >= 0.6 is 0 Å². The van der Waals surface area contributed by atoms with Crippen LogP contribution in [0.25, 0.3) is 0 Å². The molecule has 0 radical (unpaired) electrons. The van der Waals surface area contributed by atoms with Gasteiger partial charge in [0.2, 0.25) is 10.0 Å². The van der Waals surface area contributed by atoms with E-state index < -0.39 is 22.1 Å².